The highest BCUT2D eigenvalue weighted by Crippen LogP contribution is 2.31. The molecule has 0 fully saturated rings. The number of hydrogen-bond donors (Lipinski definition) is 2. The number of fused-ring (bicyclic) bond motifs is 1. The summed E-state index contributed by atoms with van der Waals surface area (Å²) in [6, 6.07) is 9.86. The van der Waals surface area contributed by atoms with E-state index in [-0.39, 0.29) is 22.5 Å². The first-order valence-electron chi connectivity index (χ1n) is 7.70. The third-order valence-corrected chi connectivity index (χ3v) is 5.40. The first-order chi connectivity index (χ1) is 12.8. The number of benzene rings is 2. The number of carbonyl (C=O) groups is 1. The fourth-order valence-corrected chi connectivity index (χ4v) is 4.05. The van der Waals surface area contributed by atoms with Gasteiger partial charge >= 0.3 is 0 Å². The average molecular weight is 451 g/mol. The van der Waals surface area contributed by atoms with Crippen LogP contribution in [0.5, 0.6) is 5.88 Å². The summed E-state index contributed by atoms with van der Waals surface area (Å²) in [6.45, 7) is 1.39. The lowest BCUT2D eigenvalue weighted by Crippen LogP contribution is -2.16. The molecule has 0 unspecified atom stereocenters. The van der Waals surface area contributed by atoms with Crippen LogP contribution >= 0.6 is 15.9 Å². The minimum Gasteiger partial charge on any atom is -0.478 e. The van der Waals surface area contributed by atoms with E-state index in [1.807, 2.05) is 0 Å². The highest BCUT2D eigenvalue weighted by atomic mass is 79.9. The molecule has 3 aromatic rings. The lowest BCUT2D eigenvalue weighted by molar-refractivity contribution is -0.114. The molecule has 8 nitrogen and oxygen atoms in total. The van der Waals surface area contributed by atoms with Gasteiger partial charge in [-0.05, 0) is 28.1 Å². The summed E-state index contributed by atoms with van der Waals surface area (Å²) in [5, 5.41) is 3.76. The van der Waals surface area contributed by atoms with Crippen molar-refractivity contribution in [1.82, 2.24) is 9.97 Å². The number of sulfonamides is 1. The minimum atomic E-state index is -3.99. The molecule has 10 heteroatoms. The van der Waals surface area contributed by atoms with Crippen molar-refractivity contribution in [3.63, 3.8) is 0 Å². The summed E-state index contributed by atoms with van der Waals surface area (Å²) in [4.78, 5) is 19.5. The van der Waals surface area contributed by atoms with Gasteiger partial charge < -0.3 is 10.1 Å². The predicted molar refractivity (Wildman–Crippen MR) is 105 cm³/mol. The third kappa shape index (κ3) is 4.01. The molecule has 0 bridgehead atoms. The van der Waals surface area contributed by atoms with Crippen LogP contribution in [0, 0.1) is 0 Å². The quantitative estimate of drug-likeness (QED) is 0.617. The van der Waals surface area contributed by atoms with Crippen LogP contribution in [0.15, 0.2) is 52.1 Å². The van der Waals surface area contributed by atoms with Crippen LogP contribution in [0.4, 0.5) is 11.5 Å². The average Bonchev–Trinajstić information content (AvgIpc) is 2.62. The normalized spacial score (nSPS) is 11.2. The molecule has 0 aliphatic carbocycles. The van der Waals surface area contributed by atoms with Crippen molar-refractivity contribution in [2.24, 2.45) is 0 Å². The molecule has 3 rings (SSSR count). The second-order valence-electron chi connectivity index (χ2n) is 5.49. The van der Waals surface area contributed by atoms with E-state index in [1.54, 1.807) is 30.3 Å². The number of amides is 1. The van der Waals surface area contributed by atoms with Gasteiger partial charge in [-0.1, -0.05) is 24.3 Å². The molecule has 2 aromatic carbocycles. The Morgan fingerprint density at radius 2 is 1.85 bits per heavy atom. The van der Waals surface area contributed by atoms with Crippen molar-refractivity contribution >= 4 is 54.1 Å². The van der Waals surface area contributed by atoms with Gasteiger partial charge in [-0.3, -0.25) is 9.52 Å². The Kier molecular flexibility index (Phi) is 5.29. The van der Waals surface area contributed by atoms with Gasteiger partial charge in [-0.2, -0.15) is 0 Å². The van der Waals surface area contributed by atoms with E-state index in [0.717, 1.165) is 0 Å². The zero-order valence-electron chi connectivity index (χ0n) is 14.4. The first-order valence-corrected chi connectivity index (χ1v) is 9.98. The Hall–Kier alpha value is -2.72. The van der Waals surface area contributed by atoms with E-state index < -0.39 is 10.0 Å². The zero-order valence-corrected chi connectivity index (χ0v) is 16.8. The lowest BCUT2D eigenvalue weighted by atomic mass is 10.1. The molecule has 2 N–H and O–H groups in total. The number of nitrogens with one attached hydrogen (secondary N) is 2. The number of carbonyl (C=O) groups excluding carboxylic acids is 1. The summed E-state index contributed by atoms with van der Waals surface area (Å²) in [6.07, 6.45) is 1.36. The van der Waals surface area contributed by atoms with E-state index in [1.165, 1.54) is 26.3 Å². The van der Waals surface area contributed by atoms with E-state index in [2.05, 4.69) is 35.9 Å². The number of rotatable bonds is 5. The Morgan fingerprint density at radius 3 is 2.56 bits per heavy atom. The Morgan fingerprint density at radius 1 is 1.15 bits per heavy atom. The Balaban J connectivity index is 2.10. The highest BCUT2D eigenvalue weighted by Gasteiger charge is 2.21. The largest absolute Gasteiger partial charge is 0.478 e. The fraction of sp³-hybridized carbons (Fsp3) is 0.118. The molecule has 1 aromatic heterocycles. The second-order valence-corrected chi connectivity index (χ2v) is 7.96. The number of methoxy groups -OCH3 is 1. The topological polar surface area (TPSA) is 110 Å². The van der Waals surface area contributed by atoms with Crippen molar-refractivity contribution in [1.29, 1.82) is 0 Å². The van der Waals surface area contributed by atoms with Gasteiger partial charge in [0, 0.05) is 23.4 Å². The molecule has 140 valence electrons. The summed E-state index contributed by atoms with van der Waals surface area (Å²) in [5.41, 5.74) is 0.526. The standard InChI is InChI=1S/C17H15BrN4O4S/c1-10(23)20-13-7-3-6-12-11(13)5-4-8-14(12)27(24,25)22-16-17(26-2)21-15(18)9-19-16/h3-9H,1-2H3,(H,19,22)(H,20,23). The maximum Gasteiger partial charge on any atom is 0.263 e. The molecule has 0 aliphatic rings. The summed E-state index contributed by atoms with van der Waals surface area (Å²) in [5.74, 6) is -0.244. The number of nitrogens with zero attached hydrogens (tertiary/aromatic N) is 2. The van der Waals surface area contributed by atoms with Crippen LogP contribution in [-0.4, -0.2) is 31.4 Å². The monoisotopic (exact) mass is 450 g/mol. The maximum atomic E-state index is 13.0. The van der Waals surface area contributed by atoms with Crippen molar-refractivity contribution in [2.75, 3.05) is 17.1 Å². The van der Waals surface area contributed by atoms with Gasteiger partial charge in [-0.15, -0.1) is 0 Å². The second kappa shape index (κ2) is 7.49. The van der Waals surface area contributed by atoms with Gasteiger partial charge in [0.1, 0.15) is 4.60 Å². The third-order valence-electron chi connectivity index (χ3n) is 3.62. The zero-order chi connectivity index (χ0) is 19.6. The van der Waals surface area contributed by atoms with E-state index in [4.69, 9.17) is 4.74 Å². The Labute approximate surface area is 164 Å². The predicted octanol–water partition coefficient (Wildman–Crippen LogP) is 3.16. The van der Waals surface area contributed by atoms with Crippen LogP contribution in [-0.2, 0) is 14.8 Å². The first kappa shape index (κ1) is 19.1. The van der Waals surface area contributed by atoms with Crippen LogP contribution in [0.25, 0.3) is 10.8 Å². The van der Waals surface area contributed by atoms with Crippen molar-refractivity contribution < 1.29 is 17.9 Å². The molecule has 0 atom stereocenters. The van der Waals surface area contributed by atoms with Crippen molar-refractivity contribution in [3.8, 4) is 5.88 Å². The molecular weight excluding hydrogens is 436 g/mol. The molecular formula is C17H15BrN4O4S. The summed E-state index contributed by atoms with van der Waals surface area (Å²) in [7, 11) is -2.62. The van der Waals surface area contributed by atoms with E-state index >= 15 is 0 Å². The molecule has 0 saturated carbocycles. The smallest absolute Gasteiger partial charge is 0.263 e. The molecule has 0 saturated heterocycles. The molecule has 1 heterocycles. The number of ether oxygens (including phenoxy) is 1. The lowest BCUT2D eigenvalue weighted by Gasteiger charge is -2.13. The van der Waals surface area contributed by atoms with Crippen molar-refractivity contribution in [3.05, 3.63) is 47.2 Å². The van der Waals surface area contributed by atoms with Gasteiger partial charge in [0.15, 0.2) is 0 Å². The van der Waals surface area contributed by atoms with Crippen LogP contribution < -0.4 is 14.8 Å². The van der Waals surface area contributed by atoms with Gasteiger partial charge in [0.2, 0.25) is 11.7 Å². The van der Waals surface area contributed by atoms with Crippen LogP contribution in [0.3, 0.4) is 0 Å². The van der Waals surface area contributed by atoms with Crippen molar-refractivity contribution in [2.45, 2.75) is 11.8 Å². The highest BCUT2D eigenvalue weighted by molar-refractivity contribution is 9.10. The van der Waals surface area contributed by atoms with Gasteiger partial charge in [-0.25, -0.2) is 18.4 Å². The van der Waals surface area contributed by atoms with Gasteiger partial charge in [0.05, 0.1) is 18.2 Å². The summed E-state index contributed by atoms with van der Waals surface area (Å²) < 4.78 is 33.8. The number of aromatic nitrogens is 2. The molecule has 27 heavy (non-hydrogen) atoms. The number of anilines is 2. The molecule has 0 aliphatic heterocycles. The van der Waals surface area contributed by atoms with Crippen LogP contribution in [0.2, 0.25) is 0 Å². The number of halogens is 1. The van der Waals surface area contributed by atoms with E-state index in [0.29, 0.717) is 21.1 Å². The molecule has 0 spiro atoms. The van der Waals surface area contributed by atoms with Crippen LogP contribution in [0.1, 0.15) is 6.92 Å². The van der Waals surface area contributed by atoms with E-state index in [9.17, 15) is 13.2 Å². The maximum absolute atomic E-state index is 13.0. The molecule has 1 amide bonds. The minimum absolute atomic E-state index is 0.0317. The number of hydrogen-bond acceptors (Lipinski definition) is 6. The Bertz CT molecular complexity index is 1130. The summed E-state index contributed by atoms with van der Waals surface area (Å²) >= 11 is 3.16. The molecule has 0 radical (unpaired) electrons. The van der Waals surface area contributed by atoms with Gasteiger partial charge in [0.25, 0.3) is 15.9 Å². The fourth-order valence-electron chi connectivity index (χ4n) is 2.56. The SMILES string of the molecule is COc1nc(Br)cnc1NS(=O)(=O)c1cccc2c(NC(C)=O)cccc12.